The van der Waals surface area contributed by atoms with Crippen LogP contribution in [0.15, 0.2) is 40.2 Å². The first-order valence-corrected chi connectivity index (χ1v) is 6.86. The van der Waals surface area contributed by atoms with Crippen LogP contribution >= 0.6 is 11.3 Å². The second kappa shape index (κ2) is 5.34. The van der Waals surface area contributed by atoms with Crippen LogP contribution in [-0.4, -0.2) is 22.4 Å². The molecule has 0 fully saturated rings. The van der Waals surface area contributed by atoms with E-state index in [0.717, 1.165) is 11.3 Å². The SMILES string of the molecule is COc1cccc(Cc2noc(-c3sccc3O)n2)c1. The zero-order valence-electron chi connectivity index (χ0n) is 10.7. The van der Waals surface area contributed by atoms with Crippen LogP contribution in [0.4, 0.5) is 0 Å². The summed E-state index contributed by atoms with van der Waals surface area (Å²) in [4.78, 5) is 4.89. The topological polar surface area (TPSA) is 68.4 Å². The first-order valence-electron chi connectivity index (χ1n) is 5.98. The molecule has 5 nitrogen and oxygen atoms in total. The van der Waals surface area contributed by atoms with Gasteiger partial charge in [0.1, 0.15) is 16.4 Å². The Morgan fingerprint density at radius 3 is 3.00 bits per heavy atom. The van der Waals surface area contributed by atoms with E-state index in [0.29, 0.717) is 23.0 Å². The molecule has 0 spiro atoms. The van der Waals surface area contributed by atoms with Gasteiger partial charge in [-0.1, -0.05) is 17.3 Å². The lowest BCUT2D eigenvalue weighted by Crippen LogP contribution is -1.92. The van der Waals surface area contributed by atoms with Crippen molar-refractivity contribution in [3.05, 3.63) is 47.1 Å². The van der Waals surface area contributed by atoms with Crippen molar-refractivity contribution in [2.45, 2.75) is 6.42 Å². The highest BCUT2D eigenvalue weighted by Crippen LogP contribution is 2.33. The lowest BCUT2D eigenvalue weighted by Gasteiger charge is -2.01. The summed E-state index contributed by atoms with van der Waals surface area (Å²) in [7, 11) is 1.63. The van der Waals surface area contributed by atoms with Gasteiger partial charge in [0.25, 0.3) is 5.89 Å². The fourth-order valence-corrected chi connectivity index (χ4v) is 2.55. The largest absolute Gasteiger partial charge is 0.506 e. The Bertz CT molecular complexity index is 721. The number of aromatic hydroxyl groups is 1. The molecule has 0 saturated carbocycles. The van der Waals surface area contributed by atoms with E-state index in [1.807, 2.05) is 24.3 Å². The molecular formula is C14H12N2O3S. The summed E-state index contributed by atoms with van der Waals surface area (Å²) in [5.41, 5.74) is 1.03. The predicted molar refractivity (Wildman–Crippen MR) is 75.1 cm³/mol. The van der Waals surface area contributed by atoms with E-state index in [-0.39, 0.29) is 5.75 Å². The van der Waals surface area contributed by atoms with Crippen LogP contribution in [-0.2, 0) is 6.42 Å². The zero-order chi connectivity index (χ0) is 13.9. The van der Waals surface area contributed by atoms with Gasteiger partial charge in [0, 0.05) is 6.42 Å². The van der Waals surface area contributed by atoms with E-state index >= 15 is 0 Å². The van der Waals surface area contributed by atoms with Crippen molar-refractivity contribution >= 4 is 11.3 Å². The molecule has 3 rings (SSSR count). The molecule has 0 aliphatic rings. The highest BCUT2D eigenvalue weighted by molar-refractivity contribution is 7.13. The van der Waals surface area contributed by atoms with Crippen LogP contribution in [0.25, 0.3) is 10.8 Å². The third kappa shape index (κ3) is 2.50. The van der Waals surface area contributed by atoms with Crippen molar-refractivity contribution in [2.75, 3.05) is 7.11 Å². The summed E-state index contributed by atoms with van der Waals surface area (Å²) in [5, 5.41) is 15.3. The fraction of sp³-hybridized carbons (Fsp3) is 0.143. The van der Waals surface area contributed by atoms with Crippen molar-refractivity contribution < 1.29 is 14.4 Å². The monoisotopic (exact) mass is 288 g/mol. The number of aromatic nitrogens is 2. The minimum Gasteiger partial charge on any atom is -0.506 e. The molecule has 1 aromatic carbocycles. The third-order valence-electron chi connectivity index (χ3n) is 2.80. The number of benzene rings is 1. The molecule has 0 radical (unpaired) electrons. The van der Waals surface area contributed by atoms with Gasteiger partial charge in [0.15, 0.2) is 5.82 Å². The molecule has 0 bridgehead atoms. The molecular weight excluding hydrogens is 276 g/mol. The standard InChI is InChI=1S/C14H12N2O3S/c1-18-10-4-2-3-9(7-10)8-12-15-14(19-16-12)13-11(17)5-6-20-13/h2-7,17H,8H2,1H3. The number of rotatable bonds is 4. The number of ether oxygens (including phenoxy) is 1. The quantitative estimate of drug-likeness (QED) is 0.799. The Hall–Kier alpha value is -2.34. The number of hydrogen-bond acceptors (Lipinski definition) is 6. The number of hydrogen-bond donors (Lipinski definition) is 1. The Morgan fingerprint density at radius 2 is 2.25 bits per heavy atom. The molecule has 3 aromatic rings. The maximum atomic E-state index is 9.64. The molecule has 0 aliphatic carbocycles. The van der Waals surface area contributed by atoms with Crippen molar-refractivity contribution in [2.24, 2.45) is 0 Å². The number of nitrogens with zero attached hydrogens (tertiary/aromatic N) is 2. The molecule has 0 aliphatic heterocycles. The third-order valence-corrected chi connectivity index (χ3v) is 3.69. The Balaban J connectivity index is 1.82. The van der Waals surface area contributed by atoms with E-state index in [2.05, 4.69) is 10.1 Å². The van der Waals surface area contributed by atoms with Crippen molar-refractivity contribution in [3.8, 4) is 22.3 Å². The molecule has 0 amide bonds. The van der Waals surface area contributed by atoms with Crippen LogP contribution in [0.2, 0.25) is 0 Å². The van der Waals surface area contributed by atoms with Crippen molar-refractivity contribution in [1.29, 1.82) is 0 Å². The highest BCUT2D eigenvalue weighted by Gasteiger charge is 2.14. The summed E-state index contributed by atoms with van der Waals surface area (Å²) in [6.45, 7) is 0. The minimum absolute atomic E-state index is 0.159. The highest BCUT2D eigenvalue weighted by atomic mass is 32.1. The molecule has 2 aromatic heterocycles. The van der Waals surface area contributed by atoms with E-state index < -0.39 is 0 Å². The first-order chi connectivity index (χ1) is 9.76. The lowest BCUT2D eigenvalue weighted by atomic mass is 10.1. The minimum atomic E-state index is 0.159. The summed E-state index contributed by atoms with van der Waals surface area (Å²) >= 11 is 1.36. The molecule has 6 heteroatoms. The Kier molecular flexibility index (Phi) is 3.39. The molecule has 0 atom stereocenters. The summed E-state index contributed by atoms with van der Waals surface area (Å²) < 4.78 is 10.4. The van der Waals surface area contributed by atoms with Gasteiger partial charge in [0.2, 0.25) is 0 Å². The molecule has 0 unspecified atom stereocenters. The van der Waals surface area contributed by atoms with Crippen LogP contribution in [0, 0.1) is 0 Å². The van der Waals surface area contributed by atoms with Crippen LogP contribution in [0.1, 0.15) is 11.4 Å². The van der Waals surface area contributed by atoms with Gasteiger partial charge in [-0.3, -0.25) is 0 Å². The van der Waals surface area contributed by atoms with Crippen LogP contribution in [0.5, 0.6) is 11.5 Å². The fourth-order valence-electron chi connectivity index (χ4n) is 1.85. The Labute approximate surface area is 119 Å². The van der Waals surface area contributed by atoms with Crippen LogP contribution < -0.4 is 4.74 Å². The molecule has 102 valence electrons. The molecule has 1 N–H and O–H groups in total. The van der Waals surface area contributed by atoms with E-state index in [4.69, 9.17) is 9.26 Å². The van der Waals surface area contributed by atoms with E-state index in [9.17, 15) is 5.11 Å². The number of thiophene rings is 1. The van der Waals surface area contributed by atoms with Crippen molar-refractivity contribution in [1.82, 2.24) is 10.1 Å². The molecule has 0 saturated heterocycles. The summed E-state index contributed by atoms with van der Waals surface area (Å²) in [6.07, 6.45) is 0.548. The second-order valence-electron chi connectivity index (χ2n) is 4.18. The van der Waals surface area contributed by atoms with Gasteiger partial charge in [-0.05, 0) is 29.1 Å². The van der Waals surface area contributed by atoms with Gasteiger partial charge in [-0.25, -0.2) is 0 Å². The normalized spacial score (nSPS) is 10.7. The van der Waals surface area contributed by atoms with E-state index in [1.54, 1.807) is 18.6 Å². The average molecular weight is 288 g/mol. The van der Waals surface area contributed by atoms with Crippen molar-refractivity contribution in [3.63, 3.8) is 0 Å². The Morgan fingerprint density at radius 1 is 1.35 bits per heavy atom. The maximum absolute atomic E-state index is 9.64. The van der Waals surface area contributed by atoms with Gasteiger partial charge < -0.3 is 14.4 Å². The van der Waals surface area contributed by atoms with Gasteiger partial charge in [0.05, 0.1) is 7.11 Å². The summed E-state index contributed by atoms with van der Waals surface area (Å²) in [6, 6.07) is 9.31. The predicted octanol–water partition coefficient (Wildman–Crippen LogP) is 3.10. The lowest BCUT2D eigenvalue weighted by molar-refractivity contribution is 0.413. The second-order valence-corrected chi connectivity index (χ2v) is 5.10. The van der Waals surface area contributed by atoms with Crippen LogP contribution in [0.3, 0.4) is 0 Å². The summed E-state index contributed by atoms with van der Waals surface area (Å²) in [5.74, 6) is 1.87. The molecule has 20 heavy (non-hydrogen) atoms. The smallest absolute Gasteiger partial charge is 0.271 e. The van der Waals surface area contributed by atoms with E-state index in [1.165, 1.54) is 11.3 Å². The maximum Gasteiger partial charge on any atom is 0.271 e. The van der Waals surface area contributed by atoms with Gasteiger partial charge >= 0.3 is 0 Å². The van der Waals surface area contributed by atoms with Gasteiger partial charge in [-0.2, -0.15) is 4.98 Å². The number of methoxy groups -OCH3 is 1. The zero-order valence-corrected chi connectivity index (χ0v) is 11.6. The first kappa shape index (κ1) is 12.7. The average Bonchev–Trinajstić information content (AvgIpc) is 3.08. The van der Waals surface area contributed by atoms with Gasteiger partial charge in [-0.15, -0.1) is 11.3 Å². The molecule has 2 heterocycles.